The van der Waals surface area contributed by atoms with Crippen molar-refractivity contribution in [3.8, 4) is 0 Å². The number of hydrogen-bond acceptors (Lipinski definition) is 2. The van der Waals surface area contributed by atoms with Crippen molar-refractivity contribution in [2.75, 3.05) is 13.2 Å². The van der Waals surface area contributed by atoms with Crippen LogP contribution in [0.1, 0.15) is 62.4 Å². The Morgan fingerprint density at radius 3 is 2.62 bits per heavy atom. The maximum absolute atomic E-state index is 13.0. The van der Waals surface area contributed by atoms with E-state index < -0.39 is 0 Å². The van der Waals surface area contributed by atoms with Crippen molar-refractivity contribution in [2.24, 2.45) is 0 Å². The largest absolute Gasteiger partial charge is 0.394 e. The maximum Gasteiger partial charge on any atom is 0.254 e. The predicted molar refractivity (Wildman–Crippen MR) is 85.5 cm³/mol. The van der Waals surface area contributed by atoms with Crippen molar-refractivity contribution < 1.29 is 9.90 Å². The number of rotatable bonds is 2. The van der Waals surface area contributed by atoms with Crippen LogP contribution < -0.4 is 0 Å². The molecule has 1 unspecified atom stereocenters. The fraction of sp³-hybridized carbons (Fsp3) is 0.611. The van der Waals surface area contributed by atoms with Crippen LogP contribution in [0.2, 0.25) is 0 Å². The Hall–Kier alpha value is -1.35. The molecule has 1 N–H and O–H groups in total. The van der Waals surface area contributed by atoms with Crippen molar-refractivity contribution in [3.05, 3.63) is 35.4 Å². The Kier molecular flexibility index (Phi) is 5.04. The van der Waals surface area contributed by atoms with Crippen molar-refractivity contribution >= 4 is 5.91 Å². The molecular formula is C18H27NO2. The van der Waals surface area contributed by atoms with E-state index in [1.54, 1.807) is 0 Å². The van der Waals surface area contributed by atoms with E-state index in [0.717, 1.165) is 43.4 Å². The molecule has 1 aliphatic heterocycles. The quantitative estimate of drug-likeness (QED) is 0.907. The number of carbonyl (C=O) groups is 1. The van der Waals surface area contributed by atoms with Crippen LogP contribution in [0.5, 0.6) is 0 Å². The summed E-state index contributed by atoms with van der Waals surface area (Å²) < 4.78 is 0. The molecule has 1 amide bonds. The summed E-state index contributed by atoms with van der Waals surface area (Å²) >= 11 is 0. The van der Waals surface area contributed by atoms with Crippen LogP contribution in [-0.2, 0) is 5.41 Å². The van der Waals surface area contributed by atoms with E-state index in [4.69, 9.17) is 0 Å². The molecule has 0 saturated carbocycles. The fourth-order valence-corrected chi connectivity index (χ4v) is 3.11. The molecule has 1 atom stereocenters. The number of carbonyl (C=O) groups excluding carboxylic acids is 1. The highest BCUT2D eigenvalue weighted by Crippen LogP contribution is 2.28. The number of amides is 1. The SMILES string of the molecule is CC(C)(C)c1ccccc1C(=O)N1CCCCCC1CO. The molecule has 3 heteroatoms. The number of benzene rings is 1. The van der Waals surface area contributed by atoms with E-state index in [2.05, 4.69) is 20.8 Å². The lowest BCUT2D eigenvalue weighted by Gasteiger charge is -2.31. The Balaban J connectivity index is 2.34. The molecule has 1 heterocycles. The zero-order valence-corrected chi connectivity index (χ0v) is 13.4. The summed E-state index contributed by atoms with van der Waals surface area (Å²) in [6.07, 6.45) is 4.16. The van der Waals surface area contributed by atoms with Gasteiger partial charge in [-0.15, -0.1) is 0 Å². The molecule has 0 bridgehead atoms. The van der Waals surface area contributed by atoms with Gasteiger partial charge in [0.05, 0.1) is 12.6 Å². The van der Waals surface area contributed by atoms with Crippen LogP contribution in [0.15, 0.2) is 24.3 Å². The summed E-state index contributed by atoms with van der Waals surface area (Å²) in [6.45, 7) is 7.20. The van der Waals surface area contributed by atoms with Crippen LogP contribution in [0.4, 0.5) is 0 Å². The maximum atomic E-state index is 13.0. The third-order valence-corrected chi connectivity index (χ3v) is 4.31. The van der Waals surface area contributed by atoms with Gasteiger partial charge in [-0.1, -0.05) is 51.8 Å². The third-order valence-electron chi connectivity index (χ3n) is 4.31. The van der Waals surface area contributed by atoms with E-state index in [1.807, 2.05) is 29.2 Å². The second kappa shape index (κ2) is 6.61. The highest BCUT2D eigenvalue weighted by Gasteiger charge is 2.29. The zero-order chi connectivity index (χ0) is 15.5. The monoisotopic (exact) mass is 289 g/mol. The van der Waals surface area contributed by atoms with Crippen LogP contribution in [0, 0.1) is 0 Å². The van der Waals surface area contributed by atoms with Crippen LogP contribution in [-0.4, -0.2) is 35.1 Å². The average Bonchev–Trinajstić information content (AvgIpc) is 2.70. The van der Waals surface area contributed by atoms with Gasteiger partial charge in [0.15, 0.2) is 0 Å². The van der Waals surface area contributed by atoms with Crippen molar-refractivity contribution in [1.29, 1.82) is 0 Å². The van der Waals surface area contributed by atoms with Crippen LogP contribution >= 0.6 is 0 Å². The first kappa shape index (κ1) is 16.0. The van der Waals surface area contributed by atoms with Crippen LogP contribution in [0.25, 0.3) is 0 Å². The van der Waals surface area contributed by atoms with E-state index in [9.17, 15) is 9.90 Å². The van der Waals surface area contributed by atoms with Gasteiger partial charge in [-0.2, -0.15) is 0 Å². The first-order valence-corrected chi connectivity index (χ1v) is 7.96. The molecule has 1 aromatic rings. The normalized spacial score (nSPS) is 20.2. The van der Waals surface area contributed by atoms with Gasteiger partial charge in [-0.25, -0.2) is 0 Å². The minimum atomic E-state index is -0.0627. The number of likely N-dealkylation sites (tertiary alicyclic amines) is 1. The lowest BCUT2D eigenvalue weighted by molar-refractivity contribution is 0.0597. The summed E-state index contributed by atoms with van der Waals surface area (Å²) in [5.74, 6) is 0.0708. The van der Waals surface area contributed by atoms with Gasteiger partial charge < -0.3 is 10.0 Å². The topological polar surface area (TPSA) is 40.5 Å². The molecular weight excluding hydrogens is 262 g/mol. The van der Waals surface area contributed by atoms with Gasteiger partial charge >= 0.3 is 0 Å². The minimum absolute atomic E-state index is 0.0342. The Morgan fingerprint density at radius 2 is 1.95 bits per heavy atom. The highest BCUT2D eigenvalue weighted by molar-refractivity contribution is 5.96. The van der Waals surface area contributed by atoms with Gasteiger partial charge in [0, 0.05) is 12.1 Å². The smallest absolute Gasteiger partial charge is 0.254 e. The molecule has 21 heavy (non-hydrogen) atoms. The van der Waals surface area contributed by atoms with Gasteiger partial charge in [0.2, 0.25) is 0 Å². The fourth-order valence-electron chi connectivity index (χ4n) is 3.11. The summed E-state index contributed by atoms with van der Waals surface area (Å²) in [5, 5.41) is 9.62. The van der Waals surface area contributed by atoms with Gasteiger partial charge in [-0.3, -0.25) is 4.79 Å². The number of aliphatic hydroxyl groups is 1. The van der Waals surface area contributed by atoms with E-state index >= 15 is 0 Å². The first-order chi connectivity index (χ1) is 9.95. The molecule has 0 radical (unpaired) electrons. The molecule has 1 saturated heterocycles. The summed E-state index contributed by atoms with van der Waals surface area (Å²) in [5.41, 5.74) is 1.80. The first-order valence-electron chi connectivity index (χ1n) is 7.96. The number of nitrogens with zero attached hydrogens (tertiary/aromatic N) is 1. The van der Waals surface area contributed by atoms with E-state index in [-0.39, 0.29) is 24.0 Å². The van der Waals surface area contributed by atoms with Gasteiger partial charge in [-0.05, 0) is 29.9 Å². The number of hydrogen-bond donors (Lipinski definition) is 1. The van der Waals surface area contributed by atoms with E-state index in [0.29, 0.717) is 0 Å². The van der Waals surface area contributed by atoms with Gasteiger partial charge in [0.25, 0.3) is 5.91 Å². The minimum Gasteiger partial charge on any atom is -0.394 e. The van der Waals surface area contributed by atoms with Crippen molar-refractivity contribution in [1.82, 2.24) is 4.90 Å². The molecule has 116 valence electrons. The average molecular weight is 289 g/mol. The second-order valence-electron chi connectivity index (χ2n) is 6.98. The molecule has 2 rings (SSSR count). The Morgan fingerprint density at radius 1 is 1.24 bits per heavy atom. The number of aliphatic hydroxyl groups excluding tert-OH is 1. The third kappa shape index (κ3) is 3.65. The van der Waals surface area contributed by atoms with Crippen molar-refractivity contribution in [3.63, 3.8) is 0 Å². The molecule has 0 aromatic heterocycles. The predicted octanol–water partition coefficient (Wildman–Crippen LogP) is 3.36. The van der Waals surface area contributed by atoms with Gasteiger partial charge in [0.1, 0.15) is 0 Å². The van der Waals surface area contributed by atoms with E-state index in [1.165, 1.54) is 0 Å². The molecule has 0 spiro atoms. The molecule has 0 aliphatic carbocycles. The lowest BCUT2D eigenvalue weighted by atomic mass is 9.83. The zero-order valence-electron chi connectivity index (χ0n) is 13.4. The molecule has 1 aliphatic rings. The summed E-state index contributed by atoms with van der Waals surface area (Å²) in [7, 11) is 0. The summed E-state index contributed by atoms with van der Waals surface area (Å²) in [4.78, 5) is 14.9. The van der Waals surface area contributed by atoms with Crippen LogP contribution in [0.3, 0.4) is 0 Å². The van der Waals surface area contributed by atoms with Crippen molar-refractivity contribution in [2.45, 2.75) is 57.9 Å². The lowest BCUT2D eigenvalue weighted by Crippen LogP contribution is -2.42. The highest BCUT2D eigenvalue weighted by atomic mass is 16.3. The summed E-state index contributed by atoms with van der Waals surface area (Å²) in [6, 6.07) is 7.84. The Bertz CT molecular complexity index is 490. The standard InChI is InChI=1S/C18H27NO2/c1-18(2,3)16-11-7-6-10-15(16)17(21)19-12-8-4-5-9-14(19)13-20/h6-7,10-11,14,20H,4-5,8-9,12-13H2,1-3H3. The molecule has 3 nitrogen and oxygen atoms in total. The second-order valence-corrected chi connectivity index (χ2v) is 6.98. The molecule has 1 fully saturated rings. The Labute approximate surface area is 128 Å². The molecule has 1 aromatic carbocycles.